The van der Waals surface area contributed by atoms with Crippen LogP contribution in [-0.2, 0) is 17.5 Å². The Kier molecular flexibility index (Phi) is 5.46. The molecule has 0 saturated carbocycles. The first-order valence-corrected chi connectivity index (χ1v) is 9.46. The first-order chi connectivity index (χ1) is 14.8. The van der Waals surface area contributed by atoms with E-state index in [0.29, 0.717) is 35.9 Å². The number of β-amino-alcohol motifs (C(OH)–C–C–N with tert-alkyl or cyclic N) is 1. The van der Waals surface area contributed by atoms with Crippen LogP contribution in [0.4, 0.5) is 24.5 Å². The normalized spacial score (nSPS) is 16.0. The lowest BCUT2D eigenvalue weighted by atomic mass is 9.94. The van der Waals surface area contributed by atoms with Gasteiger partial charge in [0.1, 0.15) is 11.9 Å². The summed E-state index contributed by atoms with van der Waals surface area (Å²) in [6.07, 6.45) is -3.61. The average Bonchev–Trinajstić information content (AvgIpc) is 3.15. The van der Waals surface area contributed by atoms with Gasteiger partial charge in [-0.1, -0.05) is 12.1 Å². The van der Waals surface area contributed by atoms with Gasteiger partial charge in [-0.05, 0) is 41.6 Å². The van der Waals surface area contributed by atoms with Crippen LogP contribution >= 0.6 is 0 Å². The van der Waals surface area contributed by atoms with E-state index in [4.69, 9.17) is 0 Å². The highest BCUT2D eigenvalue weighted by molar-refractivity contribution is 5.77. The Morgan fingerprint density at radius 1 is 1.13 bits per heavy atom. The Balaban J connectivity index is 1.48. The quantitative estimate of drug-likeness (QED) is 0.554. The van der Waals surface area contributed by atoms with E-state index in [2.05, 4.69) is 20.7 Å². The number of carbonyl (C=O) groups is 1. The Morgan fingerprint density at radius 2 is 1.84 bits per heavy atom. The lowest BCUT2D eigenvalue weighted by molar-refractivity contribution is -0.137. The van der Waals surface area contributed by atoms with E-state index in [1.807, 2.05) is 0 Å². The molecule has 1 saturated heterocycles. The van der Waals surface area contributed by atoms with Crippen molar-refractivity contribution in [1.82, 2.24) is 25.1 Å². The topological polar surface area (TPSA) is 96.2 Å². The maximum Gasteiger partial charge on any atom is 0.416 e. The lowest BCUT2D eigenvalue weighted by Crippen LogP contribution is -2.64. The zero-order valence-electron chi connectivity index (χ0n) is 16.3. The number of anilines is 2. The van der Waals surface area contributed by atoms with Crippen molar-refractivity contribution in [2.45, 2.75) is 18.3 Å². The zero-order chi connectivity index (χ0) is 22.1. The van der Waals surface area contributed by atoms with Crippen molar-refractivity contribution < 1.29 is 23.1 Å². The summed E-state index contributed by atoms with van der Waals surface area (Å²) in [5.41, 5.74) is -0.0690. The number of aromatic nitrogens is 4. The predicted molar refractivity (Wildman–Crippen MR) is 105 cm³/mol. The second-order valence-electron chi connectivity index (χ2n) is 7.45. The number of carbonyl (C=O) groups excluding carboxylic acids is 1. The highest BCUT2D eigenvalue weighted by Crippen LogP contribution is 2.32. The monoisotopic (exact) mass is 432 g/mol. The van der Waals surface area contributed by atoms with Crippen molar-refractivity contribution in [3.8, 4) is 11.4 Å². The summed E-state index contributed by atoms with van der Waals surface area (Å²) in [4.78, 5) is 13.6. The molecule has 11 heteroatoms. The molecule has 1 aliphatic rings. The molecule has 0 bridgehead atoms. The minimum absolute atomic E-state index is 0.129. The Labute approximate surface area is 175 Å². The Morgan fingerprint density at radius 3 is 2.52 bits per heavy atom. The van der Waals surface area contributed by atoms with Crippen LogP contribution in [0, 0.1) is 0 Å². The second-order valence-corrected chi connectivity index (χ2v) is 7.45. The lowest BCUT2D eigenvalue weighted by Gasteiger charge is -2.45. The molecule has 2 aromatic carbocycles. The number of hydrogen-bond acceptors (Lipinski definition) is 7. The molecule has 0 unspecified atom stereocenters. The standard InChI is InChI=1S/C20H19F3N6O2/c21-20(22,23)14-5-7-15(8-6-14)24-17-4-2-1-3-16(17)18-25-27-29(26-18)13-19(31)11-28(12-19)9-10-30/h1-8,10,24,31H,9,11-13H2. The molecule has 162 valence electrons. The molecule has 3 aromatic rings. The van der Waals surface area contributed by atoms with Gasteiger partial charge in [-0.3, -0.25) is 4.90 Å². The van der Waals surface area contributed by atoms with Gasteiger partial charge < -0.3 is 15.2 Å². The van der Waals surface area contributed by atoms with E-state index in [-0.39, 0.29) is 13.1 Å². The van der Waals surface area contributed by atoms with E-state index in [0.717, 1.165) is 18.4 Å². The van der Waals surface area contributed by atoms with Crippen molar-refractivity contribution in [1.29, 1.82) is 0 Å². The molecule has 31 heavy (non-hydrogen) atoms. The van der Waals surface area contributed by atoms with Gasteiger partial charge in [0.25, 0.3) is 0 Å². The van der Waals surface area contributed by atoms with Crippen molar-refractivity contribution in [2.24, 2.45) is 0 Å². The van der Waals surface area contributed by atoms with E-state index >= 15 is 0 Å². The van der Waals surface area contributed by atoms with Gasteiger partial charge in [0.05, 0.1) is 18.7 Å². The van der Waals surface area contributed by atoms with E-state index in [1.165, 1.54) is 16.9 Å². The summed E-state index contributed by atoms with van der Waals surface area (Å²) in [5, 5.41) is 25.9. The predicted octanol–water partition coefficient (Wildman–Crippen LogP) is 2.35. The Bertz CT molecular complexity index is 1060. The first-order valence-electron chi connectivity index (χ1n) is 9.46. The van der Waals surface area contributed by atoms with E-state index in [1.54, 1.807) is 29.2 Å². The summed E-state index contributed by atoms with van der Waals surface area (Å²) in [6.45, 7) is 1.08. The van der Waals surface area contributed by atoms with Gasteiger partial charge in [0.2, 0.25) is 5.82 Å². The molecular weight excluding hydrogens is 413 g/mol. The van der Waals surface area contributed by atoms with Crippen LogP contribution in [-0.4, -0.2) is 61.7 Å². The maximum absolute atomic E-state index is 12.8. The van der Waals surface area contributed by atoms with Crippen LogP contribution in [0.25, 0.3) is 11.4 Å². The number of para-hydroxylation sites is 1. The van der Waals surface area contributed by atoms with Crippen LogP contribution in [0.2, 0.25) is 0 Å². The average molecular weight is 432 g/mol. The number of hydrogen-bond donors (Lipinski definition) is 2. The molecule has 0 aliphatic carbocycles. The van der Waals surface area contributed by atoms with Gasteiger partial charge >= 0.3 is 6.18 Å². The maximum atomic E-state index is 12.8. The van der Waals surface area contributed by atoms with Crippen LogP contribution in [0.15, 0.2) is 48.5 Å². The van der Waals surface area contributed by atoms with Crippen LogP contribution in [0.5, 0.6) is 0 Å². The number of aldehydes is 1. The van der Waals surface area contributed by atoms with Crippen LogP contribution in [0.1, 0.15) is 5.56 Å². The number of alkyl halides is 3. The molecule has 1 fully saturated rings. The Hall–Kier alpha value is -3.31. The first kappa shape index (κ1) is 20.9. The highest BCUT2D eigenvalue weighted by atomic mass is 19.4. The van der Waals surface area contributed by atoms with Crippen molar-refractivity contribution in [3.05, 3.63) is 54.1 Å². The minimum Gasteiger partial charge on any atom is -0.385 e. The van der Waals surface area contributed by atoms with Gasteiger partial charge in [0.15, 0.2) is 0 Å². The fourth-order valence-corrected chi connectivity index (χ4v) is 3.49. The van der Waals surface area contributed by atoms with Gasteiger partial charge in [-0.15, -0.1) is 10.2 Å². The summed E-state index contributed by atoms with van der Waals surface area (Å²) < 4.78 is 38.3. The fraction of sp³-hybridized carbons (Fsp3) is 0.300. The van der Waals surface area contributed by atoms with Gasteiger partial charge in [0, 0.05) is 30.0 Å². The second kappa shape index (κ2) is 8.08. The molecule has 1 aromatic heterocycles. The van der Waals surface area contributed by atoms with Crippen molar-refractivity contribution in [3.63, 3.8) is 0 Å². The molecule has 4 rings (SSSR count). The van der Waals surface area contributed by atoms with Gasteiger partial charge in [-0.2, -0.15) is 18.0 Å². The number of aliphatic hydroxyl groups is 1. The smallest absolute Gasteiger partial charge is 0.385 e. The summed E-state index contributed by atoms with van der Waals surface area (Å²) >= 11 is 0. The zero-order valence-corrected chi connectivity index (χ0v) is 16.3. The fourth-order valence-electron chi connectivity index (χ4n) is 3.49. The molecule has 2 heterocycles. The number of nitrogens with zero attached hydrogens (tertiary/aromatic N) is 5. The molecule has 0 atom stereocenters. The summed E-state index contributed by atoms with van der Waals surface area (Å²) in [7, 11) is 0. The number of nitrogens with one attached hydrogen (secondary N) is 1. The van der Waals surface area contributed by atoms with Crippen molar-refractivity contribution in [2.75, 3.05) is 25.0 Å². The summed E-state index contributed by atoms with van der Waals surface area (Å²) in [5.74, 6) is 0.308. The van der Waals surface area contributed by atoms with Gasteiger partial charge in [-0.25, -0.2) is 0 Å². The van der Waals surface area contributed by atoms with E-state index < -0.39 is 17.3 Å². The van der Waals surface area contributed by atoms with E-state index in [9.17, 15) is 23.1 Å². The molecule has 1 aliphatic heterocycles. The third-order valence-electron chi connectivity index (χ3n) is 4.92. The largest absolute Gasteiger partial charge is 0.416 e. The minimum atomic E-state index is -4.40. The number of halogens is 3. The third kappa shape index (κ3) is 4.72. The summed E-state index contributed by atoms with van der Waals surface area (Å²) in [6, 6.07) is 11.8. The number of likely N-dealkylation sites (tertiary alicyclic amines) is 1. The molecule has 0 amide bonds. The van der Waals surface area contributed by atoms with Crippen LogP contribution < -0.4 is 5.32 Å². The number of benzene rings is 2. The number of tetrazole rings is 1. The SMILES string of the molecule is O=CCN1CC(O)(Cn2nnc(-c3ccccc3Nc3ccc(C(F)(F)F)cc3)n2)C1. The molecule has 8 nitrogen and oxygen atoms in total. The molecule has 2 N–H and O–H groups in total. The molecular formula is C20H19F3N6O2. The highest BCUT2D eigenvalue weighted by Gasteiger charge is 2.41. The van der Waals surface area contributed by atoms with Crippen LogP contribution in [0.3, 0.4) is 0 Å². The molecule has 0 radical (unpaired) electrons. The molecule has 0 spiro atoms. The van der Waals surface area contributed by atoms with Crippen molar-refractivity contribution >= 4 is 17.7 Å². The third-order valence-corrected chi connectivity index (χ3v) is 4.92. The number of rotatable bonds is 7.